The van der Waals surface area contributed by atoms with Crippen molar-refractivity contribution in [2.75, 3.05) is 45.5 Å². The number of carbonyl (C=O) groups excluding carboxylic acids is 1. The van der Waals surface area contributed by atoms with Crippen LogP contribution in [0.2, 0.25) is 0 Å². The van der Waals surface area contributed by atoms with Gasteiger partial charge in [0.2, 0.25) is 0 Å². The lowest BCUT2D eigenvalue weighted by atomic mass is 10.0. The molecular formula is C16H19N7O. The van der Waals surface area contributed by atoms with Gasteiger partial charge in [0.25, 0.3) is 0 Å². The molecule has 0 bridgehead atoms. The largest absolute Gasteiger partial charge is 0.397 e. The van der Waals surface area contributed by atoms with Crippen LogP contribution in [0.1, 0.15) is 10.4 Å². The molecule has 24 heavy (non-hydrogen) atoms. The summed E-state index contributed by atoms with van der Waals surface area (Å²) in [5, 5.41) is 11.5. The number of rotatable bonds is 3. The summed E-state index contributed by atoms with van der Waals surface area (Å²) in [5.41, 5.74) is 9.25. The lowest BCUT2D eigenvalue weighted by Gasteiger charge is -2.31. The van der Waals surface area contributed by atoms with E-state index in [1.807, 2.05) is 12.1 Å². The number of benzene rings is 1. The maximum atomic E-state index is 12.7. The molecule has 8 heteroatoms. The average Bonchev–Trinajstić information content (AvgIpc) is 3.05. The van der Waals surface area contributed by atoms with E-state index in [1.54, 1.807) is 6.20 Å². The Balaban J connectivity index is 1.68. The highest BCUT2D eigenvalue weighted by Crippen LogP contribution is 2.29. The number of piperazine rings is 1. The smallest absolute Gasteiger partial charge is 0.180 e. The Morgan fingerprint density at radius 2 is 1.96 bits per heavy atom. The quantitative estimate of drug-likeness (QED) is 0.676. The molecule has 1 aromatic carbocycles. The number of carbonyl (C=O) groups is 1. The minimum absolute atomic E-state index is 0.00745. The number of likely N-dealkylation sites (N-methyl/N-ethyl adjacent to an activating group) is 1. The second-order valence-electron chi connectivity index (χ2n) is 6.24. The highest BCUT2D eigenvalue weighted by molar-refractivity contribution is 6.15. The Hall–Kier alpha value is -2.58. The molecule has 0 spiro atoms. The lowest BCUT2D eigenvalue weighted by Crippen LogP contribution is -2.46. The van der Waals surface area contributed by atoms with Crippen LogP contribution in [0.5, 0.6) is 0 Å². The van der Waals surface area contributed by atoms with Crippen LogP contribution in [-0.2, 0) is 0 Å². The molecule has 8 nitrogen and oxygen atoms in total. The fraction of sp³-hybridized carbons (Fsp3) is 0.375. The van der Waals surface area contributed by atoms with Crippen molar-refractivity contribution in [1.29, 1.82) is 0 Å². The number of nitrogens with one attached hydrogen (secondary N) is 1. The molecule has 1 fully saturated rings. The summed E-state index contributed by atoms with van der Waals surface area (Å²) in [4.78, 5) is 21.5. The number of nitrogen functional groups attached to an aromatic ring is 1. The van der Waals surface area contributed by atoms with Gasteiger partial charge >= 0.3 is 0 Å². The number of pyridine rings is 1. The van der Waals surface area contributed by atoms with Crippen LogP contribution in [0.25, 0.3) is 21.9 Å². The molecule has 2 aromatic heterocycles. The second-order valence-corrected chi connectivity index (χ2v) is 6.24. The number of H-pyrrole nitrogens is 1. The molecule has 3 aromatic rings. The van der Waals surface area contributed by atoms with E-state index in [-0.39, 0.29) is 5.78 Å². The maximum absolute atomic E-state index is 12.7. The van der Waals surface area contributed by atoms with Crippen molar-refractivity contribution in [2.45, 2.75) is 0 Å². The fourth-order valence-electron chi connectivity index (χ4n) is 3.13. The van der Waals surface area contributed by atoms with E-state index < -0.39 is 0 Å². The van der Waals surface area contributed by atoms with E-state index in [1.165, 1.54) is 0 Å². The van der Waals surface area contributed by atoms with Crippen LogP contribution in [-0.4, -0.2) is 75.7 Å². The highest BCUT2D eigenvalue weighted by atomic mass is 16.1. The molecule has 4 rings (SSSR count). The first-order chi connectivity index (χ1) is 11.6. The molecule has 0 atom stereocenters. The van der Waals surface area contributed by atoms with Crippen LogP contribution in [0.15, 0.2) is 18.3 Å². The van der Waals surface area contributed by atoms with Gasteiger partial charge in [0, 0.05) is 32.4 Å². The summed E-state index contributed by atoms with van der Waals surface area (Å²) >= 11 is 0. The summed E-state index contributed by atoms with van der Waals surface area (Å²) in [6, 6.07) is 3.67. The summed E-state index contributed by atoms with van der Waals surface area (Å²) < 4.78 is 0. The Bertz CT molecular complexity index is 911. The normalized spacial score (nSPS) is 16.9. The number of hydrogen-bond donors (Lipinski definition) is 2. The molecule has 0 unspecified atom stereocenters. The molecule has 1 saturated heterocycles. The maximum Gasteiger partial charge on any atom is 0.180 e. The van der Waals surface area contributed by atoms with Crippen LogP contribution in [0, 0.1) is 0 Å². The van der Waals surface area contributed by atoms with E-state index in [9.17, 15) is 4.79 Å². The molecular weight excluding hydrogens is 306 g/mol. The van der Waals surface area contributed by atoms with Crippen molar-refractivity contribution in [3.05, 3.63) is 23.9 Å². The number of hydrogen-bond acceptors (Lipinski definition) is 7. The van der Waals surface area contributed by atoms with E-state index >= 15 is 0 Å². The third-order valence-corrected chi connectivity index (χ3v) is 4.62. The number of nitrogens with zero attached hydrogens (tertiary/aromatic N) is 5. The van der Waals surface area contributed by atoms with Crippen LogP contribution >= 0.6 is 0 Å². The Morgan fingerprint density at radius 3 is 2.75 bits per heavy atom. The lowest BCUT2D eigenvalue weighted by molar-refractivity contribution is 0.0877. The average molecular weight is 325 g/mol. The number of fused-ring (bicyclic) bond motifs is 3. The zero-order valence-corrected chi connectivity index (χ0v) is 13.5. The monoisotopic (exact) mass is 325 g/mol. The minimum atomic E-state index is -0.00745. The fourth-order valence-corrected chi connectivity index (χ4v) is 3.13. The first kappa shape index (κ1) is 15.0. The molecule has 0 radical (unpaired) electrons. The Morgan fingerprint density at radius 1 is 1.21 bits per heavy atom. The molecule has 3 N–H and O–H groups in total. The van der Waals surface area contributed by atoms with Gasteiger partial charge in [-0.3, -0.25) is 14.7 Å². The first-order valence-electron chi connectivity index (χ1n) is 7.95. The standard InChI is InChI=1S/C16H19N7O/c1-22-4-6-23(7-5-22)9-13(24)10-8-18-11-2-3-12-16(20-21-19-12)14(11)15(10)17/h2-3,8H,4-7,9H2,1H3,(H2,17,18)(H,19,20,21). The predicted molar refractivity (Wildman–Crippen MR) is 91.9 cm³/mol. The van der Waals surface area contributed by atoms with Crippen molar-refractivity contribution in [3.8, 4) is 0 Å². The molecule has 124 valence electrons. The van der Waals surface area contributed by atoms with E-state index in [2.05, 4.69) is 37.2 Å². The van der Waals surface area contributed by atoms with Gasteiger partial charge in [-0.05, 0) is 19.2 Å². The summed E-state index contributed by atoms with van der Waals surface area (Å²) in [6.07, 6.45) is 1.57. The number of ketones is 1. The number of aromatic nitrogens is 4. The summed E-state index contributed by atoms with van der Waals surface area (Å²) in [5.74, 6) is -0.00745. The molecule has 1 aliphatic heterocycles. The van der Waals surface area contributed by atoms with Crippen molar-refractivity contribution >= 4 is 33.4 Å². The van der Waals surface area contributed by atoms with Gasteiger partial charge in [0.1, 0.15) is 11.0 Å². The molecule has 0 saturated carbocycles. The predicted octanol–water partition coefficient (Wildman–Crippen LogP) is 0.518. The molecule has 1 aliphatic rings. The summed E-state index contributed by atoms with van der Waals surface area (Å²) in [6.45, 7) is 4.07. The van der Waals surface area contributed by atoms with Gasteiger partial charge in [-0.2, -0.15) is 15.4 Å². The van der Waals surface area contributed by atoms with Crippen molar-refractivity contribution in [2.24, 2.45) is 0 Å². The van der Waals surface area contributed by atoms with Gasteiger partial charge in [-0.25, -0.2) is 0 Å². The van der Waals surface area contributed by atoms with Crippen LogP contribution < -0.4 is 5.73 Å². The van der Waals surface area contributed by atoms with E-state index in [0.717, 1.165) is 26.2 Å². The SMILES string of the molecule is CN1CCN(CC(=O)c2cnc3ccc4n[nH]nc4c3c2N)CC1. The van der Waals surface area contributed by atoms with Gasteiger partial charge < -0.3 is 10.6 Å². The van der Waals surface area contributed by atoms with Gasteiger partial charge in [-0.1, -0.05) is 0 Å². The highest BCUT2D eigenvalue weighted by Gasteiger charge is 2.21. The topological polar surface area (TPSA) is 104 Å². The Kier molecular flexibility index (Phi) is 3.62. The number of aromatic amines is 1. The summed E-state index contributed by atoms with van der Waals surface area (Å²) in [7, 11) is 2.09. The molecule has 0 amide bonds. The molecule has 3 heterocycles. The second kappa shape index (κ2) is 5.81. The third kappa shape index (κ3) is 2.49. The number of Topliss-reactive ketones (excluding diaryl/α,β-unsaturated/α-hetero) is 1. The van der Waals surface area contributed by atoms with Gasteiger partial charge in [0.05, 0.1) is 28.7 Å². The van der Waals surface area contributed by atoms with Gasteiger partial charge in [0.15, 0.2) is 5.78 Å². The van der Waals surface area contributed by atoms with Crippen molar-refractivity contribution < 1.29 is 4.79 Å². The van der Waals surface area contributed by atoms with Crippen LogP contribution in [0.4, 0.5) is 5.69 Å². The van der Waals surface area contributed by atoms with E-state index in [4.69, 9.17) is 5.73 Å². The third-order valence-electron chi connectivity index (χ3n) is 4.62. The van der Waals surface area contributed by atoms with Gasteiger partial charge in [-0.15, -0.1) is 0 Å². The van der Waals surface area contributed by atoms with Crippen molar-refractivity contribution in [3.63, 3.8) is 0 Å². The van der Waals surface area contributed by atoms with Crippen LogP contribution in [0.3, 0.4) is 0 Å². The van der Waals surface area contributed by atoms with E-state index in [0.29, 0.717) is 39.7 Å². The van der Waals surface area contributed by atoms with Crippen molar-refractivity contribution in [1.82, 2.24) is 30.2 Å². The number of nitrogens with two attached hydrogens (primary N) is 1. The molecule has 0 aliphatic carbocycles. The minimum Gasteiger partial charge on any atom is -0.397 e. The zero-order valence-electron chi connectivity index (χ0n) is 13.5. The number of anilines is 1. The zero-order chi connectivity index (χ0) is 16.7. The Labute approximate surface area is 138 Å². The first-order valence-corrected chi connectivity index (χ1v) is 7.95.